The number of ketones is 2. The average Bonchev–Trinajstić information content (AvgIpc) is 2.53. The molecule has 86 heavy (non-hydrogen) atoms. The number of aromatic nitrogens is 3. The summed E-state index contributed by atoms with van der Waals surface area (Å²) in [6, 6.07) is 22.0. The zero-order chi connectivity index (χ0) is 63.2. The van der Waals surface area contributed by atoms with Gasteiger partial charge in [0.15, 0.2) is 17.2 Å². The topological polar surface area (TPSA) is 357 Å². The zero-order valence-corrected chi connectivity index (χ0v) is 47.8. The Bertz CT molecular complexity index is 3020. The van der Waals surface area contributed by atoms with Gasteiger partial charge in [0.05, 0.1) is 17.9 Å². The van der Waals surface area contributed by atoms with Crippen LogP contribution in [-0.4, -0.2) is 150 Å². The minimum absolute atomic E-state index is 0.0798. The molecule has 5 rings (SSSR count). The van der Waals surface area contributed by atoms with Gasteiger partial charge in [-0.05, 0) is 82.1 Å². The Morgan fingerprint density at radius 3 is 1.28 bits per heavy atom. The maximum Gasteiger partial charge on any atom is 0.342 e. The third-order valence-electron chi connectivity index (χ3n) is 11.9. The Hall–Kier alpha value is -10.0. The second-order valence-corrected chi connectivity index (χ2v) is 19.6. The molecule has 27 nitrogen and oxygen atoms in total. The molecule has 0 saturated heterocycles. The van der Waals surface area contributed by atoms with Gasteiger partial charge in [-0.25, -0.2) is 23.9 Å². The lowest BCUT2D eigenvalue weighted by atomic mass is 9.91. The SMILES string of the molecule is CC(=O)Oc1ccccc1C(=O)COC(C)(COC(=O)c1ccccc1OC(C)=O)C(=O)OCC(C)(COC(=O)C(C)(COC(=O)c1ccccc1OC(C)=O)COC(=O)c1ccccc1OC(C)=O)C(=O)OCCCc1cn(CC(=O)CO)nn1. The Morgan fingerprint density at radius 1 is 0.477 bits per heavy atom. The van der Waals surface area contributed by atoms with Crippen molar-refractivity contribution >= 4 is 71.3 Å². The molecule has 0 radical (unpaired) electrons. The van der Waals surface area contributed by atoms with Crippen LogP contribution in [0.3, 0.4) is 0 Å². The highest BCUT2D eigenvalue weighted by Crippen LogP contribution is 2.30. The first-order valence-electron chi connectivity index (χ1n) is 26.1. The molecule has 4 aromatic carbocycles. The van der Waals surface area contributed by atoms with E-state index < -0.39 is 134 Å². The quantitative estimate of drug-likeness (QED) is 0.0212. The summed E-state index contributed by atoms with van der Waals surface area (Å²) in [5.74, 6) is -12.5. The number of aliphatic hydroxyl groups excluding tert-OH is 1. The van der Waals surface area contributed by atoms with Crippen LogP contribution in [0.1, 0.15) is 102 Å². The summed E-state index contributed by atoms with van der Waals surface area (Å²) in [7, 11) is 0. The zero-order valence-electron chi connectivity index (χ0n) is 47.8. The van der Waals surface area contributed by atoms with Crippen molar-refractivity contribution in [1.29, 1.82) is 0 Å². The van der Waals surface area contributed by atoms with E-state index in [1.807, 2.05) is 0 Å². The molecule has 1 N–H and O–H groups in total. The van der Waals surface area contributed by atoms with E-state index in [9.17, 15) is 57.5 Å². The van der Waals surface area contributed by atoms with E-state index in [4.69, 9.17) is 57.2 Å². The lowest BCUT2D eigenvalue weighted by Crippen LogP contribution is -2.49. The van der Waals surface area contributed by atoms with Crippen molar-refractivity contribution in [2.24, 2.45) is 10.8 Å². The maximum atomic E-state index is 14.5. The fraction of sp³-hybridized carbons (Fsp3) is 0.356. The molecule has 0 saturated carbocycles. The van der Waals surface area contributed by atoms with Crippen LogP contribution >= 0.6 is 0 Å². The Balaban J connectivity index is 1.47. The number of benzene rings is 4. The van der Waals surface area contributed by atoms with E-state index in [1.54, 1.807) is 0 Å². The van der Waals surface area contributed by atoms with Crippen LogP contribution in [0.25, 0.3) is 0 Å². The minimum Gasteiger partial charge on any atom is -0.465 e. The third kappa shape index (κ3) is 19.5. The number of aryl methyl sites for hydroxylation is 1. The largest absolute Gasteiger partial charge is 0.465 e. The summed E-state index contributed by atoms with van der Waals surface area (Å²) in [5.41, 5.74) is -7.39. The first-order chi connectivity index (χ1) is 40.8. The summed E-state index contributed by atoms with van der Waals surface area (Å²) in [6.07, 6.45) is 1.65. The van der Waals surface area contributed by atoms with Gasteiger partial charge < -0.3 is 57.2 Å². The van der Waals surface area contributed by atoms with Crippen LogP contribution in [0.2, 0.25) is 0 Å². The van der Waals surface area contributed by atoms with Crippen molar-refractivity contribution in [3.8, 4) is 23.0 Å². The van der Waals surface area contributed by atoms with Crippen LogP contribution in [0.4, 0.5) is 0 Å². The fourth-order valence-electron chi connectivity index (χ4n) is 7.38. The number of esters is 10. The fourth-order valence-corrected chi connectivity index (χ4v) is 7.38. The molecule has 0 aliphatic carbocycles. The summed E-state index contributed by atoms with van der Waals surface area (Å²) >= 11 is 0. The van der Waals surface area contributed by atoms with Gasteiger partial charge in [0, 0.05) is 33.9 Å². The van der Waals surface area contributed by atoms with Gasteiger partial charge >= 0.3 is 59.7 Å². The normalized spacial score (nSPS) is 12.3. The van der Waals surface area contributed by atoms with E-state index >= 15 is 0 Å². The van der Waals surface area contributed by atoms with Crippen molar-refractivity contribution in [3.05, 3.63) is 131 Å². The number of ether oxygens (including phenoxy) is 11. The number of nitrogens with zero attached hydrogens (tertiary/aromatic N) is 3. The number of hydrogen-bond acceptors (Lipinski definition) is 26. The van der Waals surface area contributed by atoms with Gasteiger partial charge in [0.1, 0.15) is 103 Å². The van der Waals surface area contributed by atoms with E-state index in [0.29, 0.717) is 5.69 Å². The molecule has 2 unspecified atom stereocenters. The number of para-hydroxylation sites is 4. The molecule has 0 fully saturated rings. The van der Waals surface area contributed by atoms with Crippen LogP contribution in [0, 0.1) is 10.8 Å². The van der Waals surface area contributed by atoms with Gasteiger partial charge in [0.25, 0.3) is 0 Å². The average molecular weight is 1200 g/mol. The first kappa shape index (κ1) is 66.8. The number of carbonyl (C=O) groups excluding carboxylic acids is 12. The van der Waals surface area contributed by atoms with Crippen LogP contribution in [0.5, 0.6) is 23.0 Å². The van der Waals surface area contributed by atoms with Gasteiger partial charge in [0.2, 0.25) is 0 Å². The number of rotatable bonds is 31. The number of Topliss-reactive ketones (excluding diaryl/α,β-unsaturated/α-hetero) is 2. The lowest BCUT2D eigenvalue weighted by molar-refractivity contribution is -0.185. The van der Waals surface area contributed by atoms with Crippen LogP contribution < -0.4 is 18.9 Å². The van der Waals surface area contributed by atoms with E-state index in [0.717, 1.165) is 48.5 Å². The molecule has 5 aromatic rings. The smallest absolute Gasteiger partial charge is 0.342 e. The molecule has 1 heterocycles. The van der Waals surface area contributed by atoms with E-state index in [2.05, 4.69) is 10.3 Å². The van der Waals surface area contributed by atoms with Crippen molar-refractivity contribution in [1.82, 2.24) is 15.0 Å². The van der Waals surface area contributed by atoms with E-state index in [-0.39, 0.29) is 71.2 Å². The third-order valence-corrected chi connectivity index (χ3v) is 11.9. The molecule has 2 atom stereocenters. The van der Waals surface area contributed by atoms with Gasteiger partial charge in [-0.2, -0.15) is 0 Å². The lowest BCUT2D eigenvalue weighted by Gasteiger charge is -2.32. The Morgan fingerprint density at radius 2 is 0.849 bits per heavy atom. The summed E-state index contributed by atoms with van der Waals surface area (Å²) < 4.78 is 61.4. The molecule has 0 bridgehead atoms. The van der Waals surface area contributed by atoms with Gasteiger partial charge in [-0.1, -0.05) is 53.7 Å². The van der Waals surface area contributed by atoms with Crippen LogP contribution in [-0.2, 0) is 84.5 Å². The van der Waals surface area contributed by atoms with E-state index in [1.165, 1.54) is 108 Å². The molecule has 0 amide bonds. The monoisotopic (exact) mass is 1200 g/mol. The van der Waals surface area contributed by atoms with Gasteiger partial charge in [-0.15, -0.1) is 5.10 Å². The maximum absolute atomic E-state index is 14.5. The molecule has 0 spiro atoms. The number of hydrogen-bond donors (Lipinski definition) is 1. The number of aliphatic hydroxyl groups is 1. The minimum atomic E-state index is -2.45. The molecular weight excluding hydrogens is 1130 g/mol. The molecule has 27 heteroatoms. The molecule has 1 aromatic heterocycles. The second-order valence-electron chi connectivity index (χ2n) is 19.6. The molecule has 0 aliphatic heterocycles. The molecular formula is C59H61N3O24. The van der Waals surface area contributed by atoms with Crippen molar-refractivity contribution in [3.63, 3.8) is 0 Å². The predicted molar refractivity (Wildman–Crippen MR) is 290 cm³/mol. The second kappa shape index (κ2) is 31.0. The highest BCUT2D eigenvalue weighted by Gasteiger charge is 2.46. The summed E-state index contributed by atoms with van der Waals surface area (Å²) in [5, 5.41) is 16.9. The Kier molecular flexibility index (Phi) is 24.1. The van der Waals surface area contributed by atoms with Crippen molar-refractivity contribution in [2.75, 3.05) is 52.9 Å². The standard InChI is InChI=1S/C59H61N3O24/c1-36(64)83-47-22-12-8-18-42(47)46(69)30-82-59(7,35-79-53(72)45-21-11-15-25-50(45)86-39(4)67)56(75)81-34-58(6,54(73)76-26-16-17-40-27-62(61-60-40)28-41(68)29-63)33-80-55(74)57(5,31-77-51(70)43-19-9-13-23-48(43)84-37(2)65)32-78-52(71)44-20-10-14-24-49(44)85-38(3)66/h8-15,18-25,27,63H,16-17,26,28-35H2,1-7H3. The van der Waals surface area contributed by atoms with Gasteiger partial charge in [-0.3, -0.25) is 38.4 Å². The summed E-state index contributed by atoms with van der Waals surface area (Å²) in [6.45, 7) is 0.583. The van der Waals surface area contributed by atoms with Crippen molar-refractivity contribution in [2.45, 2.75) is 73.5 Å². The Labute approximate surface area is 490 Å². The number of carbonyl (C=O) groups is 12. The summed E-state index contributed by atoms with van der Waals surface area (Å²) in [4.78, 5) is 157. The van der Waals surface area contributed by atoms with Crippen molar-refractivity contribution < 1.29 is 115 Å². The highest BCUT2D eigenvalue weighted by molar-refractivity contribution is 6.00. The molecule has 0 aliphatic rings. The highest BCUT2D eigenvalue weighted by atomic mass is 16.6. The predicted octanol–water partition coefficient (Wildman–Crippen LogP) is 4.34. The first-order valence-corrected chi connectivity index (χ1v) is 26.1. The molecule has 456 valence electrons. The van der Waals surface area contributed by atoms with Crippen LogP contribution in [0.15, 0.2) is 103 Å².